The summed E-state index contributed by atoms with van der Waals surface area (Å²) in [5.41, 5.74) is 21.2. The molecule has 58 heavy (non-hydrogen) atoms. The maximum absolute atomic E-state index is 2.59. The molecule has 1 atom stereocenters. The number of anilines is 2. The van der Waals surface area contributed by atoms with E-state index in [9.17, 15) is 0 Å². The molecule has 0 fully saturated rings. The highest BCUT2D eigenvalue weighted by Crippen LogP contribution is 2.55. The third-order valence-corrected chi connectivity index (χ3v) is 12.9. The Kier molecular flexibility index (Phi) is 9.38. The monoisotopic (exact) mass is 747 g/mol. The highest BCUT2D eigenvalue weighted by Gasteiger charge is 2.44. The van der Waals surface area contributed by atoms with Crippen LogP contribution in [0, 0.1) is 5.92 Å². The number of allylic oxidation sites excluding steroid dienone is 5. The fourth-order valence-electron chi connectivity index (χ4n) is 9.91. The van der Waals surface area contributed by atoms with Gasteiger partial charge in [-0.3, -0.25) is 0 Å². The Labute approximate surface area is 344 Å². The largest absolute Gasteiger partial charge is 0.314 e. The second-order valence-corrected chi connectivity index (χ2v) is 16.8. The van der Waals surface area contributed by atoms with Gasteiger partial charge in [0, 0.05) is 16.9 Å². The van der Waals surface area contributed by atoms with Crippen LogP contribution in [-0.2, 0) is 24.7 Å². The lowest BCUT2D eigenvalue weighted by Gasteiger charge is -2.37. The lowest BCUT2D eigenvalue weighted by molar-refractivity contribution is 0.406. The molecule has 0 saturated heterocycles. The molecule has 0 aromatic heterocycles. The number of fused-ring (bicyclic) bond motifs is 4. The SMILES string of the molecule is CC1(C)c2ccccc2C2=CC=C(N(c3ccc(-c4ccc5c(c4)C=CCC5)cc3)c3cccc(Cc4ccccc4)c3-c3ccccc3Cc3ccccc3)CC21. The van der Waals surface area contributed by atoms with Crippen molar-refractivity contribution in [1.82, 2.24) is 0 Å². The Balaban J connectivity index is 1.16. The van der Waals surface area contributed by atoms with Crippen LogP contribution in [0.5, 0.6) is 0 Å². The summed E-state index contributed by atoms with van der Waals surface area (Å²) in [4.78, 5) is 2.59. The molecule has 0 bridgehead atoms. The van der Waals surface area contributed by atoms with Crippen LogP contribution in [0.1, 0.15) is 71.2 Å². The summed E-state index contributed by atoms with van der Waals surface area (Å²) in [5, 5.41) is 0. The third-order valence-electron chi connectivity index (χ3n) is 12.9. The van der Waals surface area contributed by atoms with Gasteiger partial charge in [-0.1, -0.05) is 178 Å². The summed E-state index contributed by atoms with van der Waals surface area (Å²) in [6.45, 7) is 4.89. The maximum atomic E-state index is 2.59. The molecule has 0 aliphatic heterocycles. The lowest BCUT2D eigenvalue weighted by Crippen LogP contribution is -2.29. The van der Waals surface area contributed by atoms with Gasteiger partial charge < -0.3 is 4.90 Å². The van der Waals surface area contributed by atoms with Crippen molar-refractivity contribution in [3.05, 3.63) is 238 Å². The minimum Gasteiger partial charge on any atom is -0.314 e. The molecule has 0 saturated carbocycles. The van der Waals surface area contributed by atoms with Crippen LogP contribution >= 0.6 is 0 Å². The van der Waals surface area contributed by atoms with E-state index in [-0.39, 0.29) is 5.41 Å². The molecule has 0 amide bonds. The van der Waals surface area contributed by atoms with Crippen LogP contribution in [0.2, 0.25) is 0 Å². The number of hydrogen-bond acceptors (Lipinski definition) is 1. The Bertz CT molecular complexity index is 2710. The number of rotatable bonds is 9. The van der Waals surface area contributed by atoms with Crippen LogP contribution in [0.15, 0.2) is 194 Å². The summed E-state index contributed by atoms with van der Waals surface area (Å²) in [6, 6.07) is 63.3. The zero-order valence-electron chi connectivity index (χ0n) is 33.5. The molecule has 0 N–H and O–H groups in total. The summed E-state index contributed by atoms with van der Waals surface area (Å²) in [5.74, 6) is 0.372. The first-order chi connectivity index (χ1) is 28.5. The molecule has 0 heterocycles. The normalized spacial score (nSPS) is 16.1. The first-order valence-corrected chi connectivity index (χ1v) is 21.0. The van der Waals surface area contributed by atoms with E-state index in [0.717, 1.165) is 32.1 Å². The standard InChI is InChI=1S/C57H49N/c1-57(2)53-26-14-13-25-51(53)52-35-34-49(39-54(52)57)58(48-32-30-43(31-33-48)45-29-28-42-20-9-10-21-44(42)38-45)55-27-15-23-47(37-41-18-7-4-8-19-41)56(55)50-24-12-11-22-46(50)36-40-16-5-3-6-17-40/h3-8,10-19,21-35,38,54H,9,20,36-37,39H2,1-2H3. The smallest absolute Gasteiger partial charge is 0.0539 e. The maximum Gasteiger partial charge on any atom is 0.0539 e. The molecule has 3 aliphatic carbocycles. The average Bonchev–Trinajstić information content (AvgIpc) is 3.50. The van der Waals surface area contributed by atoms with Gasteiger partial charge in [0.2, 0.25) is 0 Å². The molecule has 7 aromatic carbocycles. The summed E-state index contributed by atoms with van der Waals surface area (Å²) >= 11 is 0. The van der Waals surface area contributed by atoms with Gasteiger partial charge in [0.25, 0.3) is 0 Å². The molecule has 1 unspecified atom stereocenters. The topological polar surface area (TPSA) is 3.24 Å². The van der Waals surface area contributed by atoms with Gasteiger partial charge in [0.05, 0.1) is 5.69 Å². The third kappa shape index (κ3) is 6.65. The van der Waals surface area contributed by atoms with Crippen molar-refractivity contribution >= 4 is 23.0 Å². The van der Waals surface area contributed by atoms with E-state index in [1.807, 2.05) is 0 Å². The Morgan fingerprint density at radius 3 is 2.02 bits per heavy atom. The van der Waals surface area contributed by atoms with E-state index in [2.05, 4.69) is 213 Å². The van der Waals surface area contributed by atoms with Crippen LogP contribution in [0.4, 0.5) is 11.4 Å². The zero-order chi connectivity index (χ0) is 39.1. The zero-order valence-corrected chi connectivity index (χ0v) is 33.5. The first kappa shape index (κ1) is 35.9. The minimum atomic E-state index is 0.0125. The molecule has 1 nitrogen and oxygen atoms in total. The van der Waals surface area contributed by atoms with Gasteiger partial charge in [0.15, 0.2) is 0 Å². The number of benzene rings is 7. The fraction of sp³-hybridized carbons (Fsp3) is 0.158. The second kappa shape index (κ2) is 15.1. The Morgan fingerprint density at radius 2 is 1.24 bits per heavy atom. The van der Waals surface area contributed by atoms with Crippen LogP contribution in [0.3, 0.4) is 0 Å². The summed E-state index contributed by atoms with van der Waals surface area (Å²) < 4.78 is 0. The molecular weight excluding hydrogens is 699 g/mol. The molecule has 7 aromatic rings. The van der Waals surface area contributed by atoms with Gasteiger partial charge in [-0.15, -0.1) is 0 Å². The van der Waals surface area contributed by atoms with Crippen molar-refractivity contribution in [2.45, 2.75) is 51.4 Å². The van der Waals surface area contributed by atoms with Crippen LogP contribution < -0.4 is 4.90 Å². The van der Waals surface area contributed by atoms with E-state index in [0.29, 0.717) is 5.92 Å². The molecule has 0 radical (unpaired) electrons. The summed E-state index contributed by atoms with van der Waals surface area (Å²) in [6.07, 6.45) is 14.3. The molecule has 3 aliphatic rings. The molecular formula is C57H49N. The number of hydrogen-bond donors (Lipinski definition) is 0. The molecule has 0 spiro atoms. The van der Waals surface area contributed by atoms with E-state index in [1.54, 1.807) is 0 Å². The van der Waals surface area contributed by atoms with Gasteiger partial charge in [-0.05, 0) is 141 Å². The summed E-state index contributed by atoms with van der Waals surface area (Å²) in [7, 11) is 0. The van der Waals surface area contributed by atoms with Gasteiger partial charge in [-0.25, -0.2) is 0 Å². The van der Waals surface area contributed by atoms with Crippen LogP contribution in [0.25, 0.3) is 33.9 Å². The minimum absolute atomic E-state index is 0.0125. The Hall–Kier alpha value is -6.44. The predicted octanol–water partition coefficient (Wildman–Crippen LogP) is 14.6. The quantitative estimate of drug-likeness (QED) is 0.142. The fourth-order valence-corrected chi connectivity index (χ4v) is 9.91. The number of aryl methyl sites for hydroxylation is 1. The highest BCUT2D eigenvalue weighted by molar-refractivity contribution is 5.90. The van der Waals surface area contributed by atoms with Crippen molar-refractivity contribution in [2.75, 3.05) is 4.90 Å². The van der Waals surface area contributed by atoms with Gasteiger partial charge in [0.1, 0.15) is 0 Å². The van der Waals surface area contributed by atoms with E-state index in [4.69, 9.17) is 0 Å². The van der Waals surface area contributed by atoms with Crippen molar-refractivity contribution in [3.63, 3.8) is 0 Å². The molecule has 10 rings (SSSR count). The van der Waals surface area contributed by atoms with Gasteiger partial charge in [-0.2, -0.15) is 0 Å². The van der Waals surface area contributed by atoms with E-state index < -0.39 is 0 Å². The predicted molar refractivity (Wildman–Crippen MR) is 245 cm³/mol. The van der Waals surface area contributed by atoms with Crippen molar-refractivity contribution in [2.24, 2.45) is 5.92 Å². The van der Waals surface area contributed by atoms with E-state index >= 15 is 0 Å². The van der Waals surface area contributed by atoms with Crippen molar-refractivity contribution in [3.8, 4) is 22.3 Å². The molecule has 282 valence electrons. The second-order valence-electron chi connectivity index (χ2n) is 16.8. The van der Waals surface area contributed by atoms with Gasteiger partial charge >= 0.3 is 0 Å². The number of nitrogens with zero attached hydrogens (tertiary/aromatic N) is 1. The van der Waals surface area contributed by atoms with Crippen molar-refractivity contribution < 1.29 is 0 Å². The van der Waals surface area contributed by atoms with Crippen LogP contribution in [-0.4, -0.2) is 0 Å². The van der Waals surface area contributed by atoms with E-state index in [1.165, 1.54) is 89.4 Å². The molecule has 1 heteroatoms. The Morgan fingerprint density at radius 1 is 0.586 bits per heavy atom. The first-order valence-electron chi connectivity index (χ1n) is 21.0. The lowest BCUT2D eigenvalue weighted by atomic mass is 9.73. The van der Waals surface area contributed by atoms with Crippen molar-refractivity contribution in [1.29, 1.82) is 0 Å². The highest BCUT2D eigenvalue weighted by atomic mass is 15.2. The average molecular weight is 748 g/mol.